The van der Waals surface area contributed by atoms with Crippen molar-refractivity contribution in [3.05, 3.63) is 95.5 Å². The van der Waals surface area contributed by atoms with Crippen LogP contribution in [0.3, 0.4) is 0 Å². The molecule has 0 saturated carbocycles. The third-order valence-corrected chi connectivity index (χ3v) is 8.32. The summed E-state index contributed by atoms with van der Waals surface area (Å²) >= 11 is 1.63. The zero-order valence-electron chi connectivity index (χ0n) is 23.5. The van der Waals surface area contributed by atoms with Gasteiger partial charge in [-0.25, -0.2) is 14.8 Å². The Kier molecular flexibility index (Phi) is 8.74. The molecule has 1 aliphatic rings. The largest absolute Gasteiger partial charge is 0.491 e. The SMILES string of the molecule is NCCNCc1nccn1-c1ccc(-c2nc(CCc3ccc4ccccc4c3)cs2)c(OCCN2CCNC2=O)c1. The maximum Gasteiger partial charge on any atom is 0.317 e. The molecule has 4 N–H and O–H groups in total. The number of ether oxygens (including phenoxy) is 1. The Balaban J connectivity index is 1.21. The molecule has 2 amide bonds. The Morgan fingerprint density at radius 3 is 2.83 bits per heavy atom. The topological polar surface area (TPSA) is 110 Å². The molecule has 0 spiro atoms. The molecule has 0 radical (unpaired) electrons. The first-order chi connectivity index (χ1) is 20.7. The Morgan fingerprint density at radius 1 is 1.07 bits per heavy atom. The van der Waals surface area contributed by atoms with Gasteiger partial charge < -0.3 is 30.6 Å². The molecule has 42 heavy (non-hydrogen) atoms. The number of fused-ring (bicyclic) bond motifs is 1. The van der Waals surface area contributed by atoms with E-state index in [-0.39, 0.29) is 6.03 Å². The van der Waals surface area contributed by atoms with Gasteiger partial charge in [0.2, 0.25) is 0 Å². The Labute approximate surface area is 249 Å². The summed E-state index contributed by atoms with van der Waals surface area (Å²) in [7, 11) is 0. The highest BCUT2D eigenvalue weighted by molar-refractivity contribution is 7.13. The number of benzene rings is 3. The number of imidazole rings is 1. The van der Waals surface area contributed by atoms with Crippen molar-refractivity contribution in [3.8, 4) is 22.0 Å². The fraction of sp³-hybridized carbons (Fsp3) is 0.281. The first-order valence-electron chi connectivity index (χ1n) is 14.3. The standard InChI is InChI=1S/C32H35N7O2S/c33-11-12-34-21-30-35-14-16-39(30)27-9-10-28(29(20-27)41-18-17-38-15-13-36-32(38)40)31-37-26(22-42-31)8-6-23-5-7-24-3-1-2-4-25(24)19-23/h1-5,7,9-10,14,16,19-20,22,34H,6,8,11-13,15,17-18,21,33H2,(H,36,40). The normalized spacial score (nSPS) is 13.2. The van der Waals surface area contributed by atoms with Crippen LogP contribution in [0.25, 0.3) is 27.0 Å². The summed E-state index contributed by atoms with van der Waals surface area (Å²) in [5.74, 6) is 1.62. The molecule has 1 fully saturated rings. The summed E-state index contributed by atoms with van der Waals surface area (Å²) in [5.41, 5.74) is 9.90. The number of rotatable bonds is 13. The van der Waals surface area contributed by atoms with Crippen LogP contribution >= 0.6 is 11.3 Å². The van der Waals surface area contributed by atoms with E-state index in [9.17, 15) is 4.79 Å². The number of carbonyl (C=O) groups is 1. The first kappa shape index (κ1) is 27.9. The number of amides is 2. The van der Waals surface area contributed by atoms with Crippen molar-refractivity contribution >= 4 is 28.1 Å². The van der Waals surface area contributed by atoms with Gasteiger partial charge in [0.1, 0.15) is 23.2 Å². The number of carbonyl (C=O) groups excluding carboxylic acids is 1. The molecule has 0 unspecified atom stereocenters. The predicted molar refractivity (Wildman–Crippen MR) is 167 cm³/mol. The highest BCUT2D eigenvalue weighted by Crippen LogP contribution is 2.35. The molecule has 2 aromatic heterocycles. The van der Waals surface area contributed by atoms with Gasteiger partial charge in [0.05, 0.1) is 30.0 Å². The summed E-state index contributed by atoms with van der Waals surface area (Å²) in [6, 6.07) is 21.2. The summed E-state index contributed by atoms with van der Waals surface area (Å²) in [6.45, 7) is 4.17. The number of hydrogen-bond donors (Lipinski definition) is 3. The zero-order chi connectivity index (χ0) is 28.7. The van der Waals surface area contributed by atoms with Crippen LogP contribution in [0.5, 0.6) is 5.75 Å². The van der Waals surface area contributed by atoms with Crippen LogP contribution in [0.1, 0.15) is 17.1 Å². The van der Waals surface area contributed by atoms with Crippen LogP contribution in [0, 0.1) is 0 Å². The first-order valence-corrected chi connectivity index (χ1v) is 15.2. The molecule has 3 heterocycles. The third-order valence-electron chi connectivity index (χ3n) is 7.39. The number of nitrogens with two attached hydrogens (primary N) is 1. The van der Waals surface area contributed by atoms with Gasteiger partial charge in [-0.15, -0.1) is 11.3 Å². The maximum absolute atomic E-state index is 12.0. The van der Waals surface area contributed by atoms with Crippen LogP contribution in [0.15, 0.2) is 78.4 Å². The second kappa shape index (κ2) is 13.2. The van der Waals surface area contributed by atoms with Gasteiger partial charge in [-0.2, -0.15) is 0 Å². The van der Waals surface area contributed by atoms with E-state index in [0.717, 1.165) is 52.9 Å². The van der Waals surface area contributed by atoms with Crippen molar-refractivity contribution < 1.29 is 9.53 Å². The molecule has 0 aliphatic carbocycles. The average Bonchev–Trinajstić information content (AvgIpc) is 3.78. The quantitative estimate of drug-likeness (QED) is 0.178. The maximum atomic E-state index is 12.0. The van der Waals surface area contributed by atoms with Gasteiger partial charge in [-0.1, -0.05) is 42.5 Å². The Bertz CT molecular complexity index is 1660. The lowest BCUT2D eigenvalue weighted by molar-refractivity contribution is 0.203. The van der Waals surface area contributed by atoms with Crippen molar-refractivity contribution in [2.45, 2.75) is 19.4 Å². The van der Waals surface area contributed by atoms with Gasteiger partial charge >= 0.3 is 6.03 Å². The van der Waals surface area contributed by atoms with Crippen LogP contribution in [-0.2, 0) is 19.4 Å². The molecule has 10 heteroatoms. The van der Waals surface area contributed by atoms with Crippen molar-refractivity contribution in [1.82, 2.24) is 30.1 Å². The van der Waals surface area contributed by atoms with Crippen molar-refractivity contribution in [1.29, 1.82) is 0 Å². The van der Waals surface area contributed by atoms with Crippen LogP contribution in [-0.4, -0.2) is 64.8 Å². The number of nitrogens with one attached hydrogen (secondary N) is 2. The minimum Gasteiger partial charge on any atom is -0.491 e. The van der Waals surface area contributed by atoms with Gasteiger partial charge in [0.15, 0.2) is 0 Å². The number of hydrogen-bond acceptors (Lipinski definition) is 7. The van der Waals surface area contributed by atoms with Gasteiger partial charge in [-0.3, -0.25) is 0 Å². The summed E-state index contributed by atoms with van der Waals surface area (Å²) in [6.07, 6.45) is 5.53. The minimum atomic E-state index is -0.0448. The molecule has 0 atom stereocenters. The number of urea groups is 1. The molecule has 5 aromatic rings. The number of aromatic nitrogens is 3. The highest BCUT2D eigenvalue weighted by atomic mass is 32.1. The lowest BCUT2D eigenvalue weighted by Gasteiger charge is -2.17. The fourth-order valence-corrected chi connectivity index (χ4v) is 6.05. The van der Waals surface area contributed by atoms with E-state index in [4.69, 9.17) is 15.5 Å². The molecule has 0 bridgehead atoms. The summed E-state index contributed by atoms with van der Waals surface area (Å²) in [4.78, 5) is 23.3. The van der Waals surface area contributed by atoms with E-state index in [1.54, 1.807) is 22.4 Å². The molecule has 216 valence electrons. The molecule has 1 saturated heterocycles. The summed E-state index contributed by atoms with van der Waals surface area (Å²) < 4.78 is 8.38. The van der Waals surface area contributed by atoms with Gasteiger partial charge in [0.25, 0.3) is 0 Å². The minimum absolute atomic E-state index is 0.0448. The van der Waals surface area contributed by atoms with Gasteiger partial charge in [-0.05, 0) is 41.3 Å². The average molecular weight is 582 g/mol. The predicted octanol–water partition coefficient (Wildman–Crippen LogP) is 4.39. The van der Waals surface area contributed by atoms with E-state index in [1.165, 1.54) is 16.3 Å². The van der Waals surface area contributed by atoms with Gasteiger partial charge in [0, 0.05) is 50.0 Å². The molecule has 9 nitrogen and oxygen atoms in total. The zero-order valence-corrected chi connectivity index (χ0v) is 24.3. The van der Waals surface area contributed by atoms with Crippen molar-refractivity contribution in [3.63, 3.8) is 0 Å². The van der Waals surface area contributed by atoms with Crippen molar-refractivity contribution in [2.75, 3.05) is 39.3 Å². The molecule has 3 aromatic carbocycles. The summed E-state index contributed by atoms with van der Waals surface area (Å²) in [5, 5.41) is 11.7. The van der Waals surface area contributed by atoms with Crippen molar-refractivity contribution in [2.24, 2.45) is 5.73 Å². The van der Waals surface area contributed by atoms with Crippen LogP contribution in [0.4, 0.5) is 4.79 Å². The monoisotopic (exact) mass is 581 g/mol. The van der Waals surface area contributed by atoms with E-state index in [0.29, 0.717) is 39.3 Å². The second-order valence-electron chi connectivity index (χ2n) is 10.3. The third kappa shape index (κ3) is 6.46. The molecular formula is C32H35N7O2S. The second-order valence-corrected chi connectivity index (χ2v) is 11.1. The van der Waals surface area contributed by atoms with E-state index < -0.39 is 0 Å². The number of thiazole rings is 1. The number of aryl methyl sites for hydroxylation is 2. The van der Waals surface area contributed by atoms with Crippen LogP contribution in [0.2, 0.25) is 0 Å². The smallest absolute Gasteiger partial charge is 0.317 e. The van der Waals surface area contributed by atoms with E-state index >= 15 is 0 Å². The van der Waals surface area contributed by atoms with E-state index in [1.807, 2.05) is 16.8 Å². The fourth-order valence-electron chi connectivity index (χ4n) is 5.16. The Hall–Kier alpha value is -4.25. The molecule has 6 rings (SSSR count). The van der Waals surface area contributed by atoms with E-state index in [2.05, 4.69) is 75.6 Å². The van der Waals surface area contributed by atoms with Crippen LogP contribution < -0.4 is 21.1 Å². The Morgan fingerprint density at radius 2 is 1.98 bits per heavy atom. The molecular weight excluding hydrogens is 546 g/mol. The number of nitrogens with zero attached hydrogens (tertiary/aromatic N) is 4. The lowest BCUT2D eigenvalue weighted by Crippen LogP contribution is -2.31. The molecule has 1 aliphatic heterocycles. The highest BCUT2D eigenvalue weighted by Gasteiger charge is 2.20. The lowest BCUT2D eigenvalue weighted by atomic mass is 10.0.